The summed E-state index contributed by atoms with van der Waals surface area (Å²) in [5, 5.41) is 13.2. The lowest BCUT2D eigenvalue weighted by Crippen LogP contribution is -1.96. The summed E-state index contributed by atoms with van der Waals surface area (Å²) in [6.07, 6.45) is 0. The Kier molecular flexibility index (Phi) is 2.92. The van der Waals surface area contributed by atoms with Crippen LogP contribution < -0.4 is 10.5 Å². The number of rotatable bonds is 3. The second-order valence-electron chi connectivity index (χ2n) is 3.19. The highest BCUT2D eigenvalue weighted by molar-refractivity contribution is 5.65. The molecule has 1 aromatic heterocycles. The van der Waals surface area contributed by atoms with Gasteiger partial charge in [-0.25, -0.2) is 0 Å². The molecule has 90 valence electrons. The van der Waals surface area contributed by atoms with E-state index in [4.69, 9.17) is 15.0 Å². The van der Waals surface area contributed by atoms with Crippen molar-refractivity contribution in [1.29, 1.82) is 0 Å². The summed E-state index contributed by atoms with van der Waals surface area (Å²) in [6, 6.07) is 2.80. The standard InChI is InChI=1S/C10H10FN3O3/c1-16-6-3-2-5(9(15)8(6)11)10-13-7(4-12)17-14-10/h2-3,15H,4,12H2,1H3. The molecule has 0 bridgehead atoms. The molecule has 0 fully saturated rings. The van der Waals surface area contributed by atoms with Gasteiger partial charge in [-0.15, -0.1) is 0 Å². The first-order valence-corrected chi connectivity index (χ1v) is 4.75. The summed E-state index contributed by atoms with van der Waals surface area (Å²) in [5.41, 5.74) is 5.42. The van der Waals surface area contributed by atoms with Gasteiger partial charge in [-0.05, 0) is 12.1 Å². The number of halogens is 1. The fourth-order valence-corrected chi connectivity index (χ4v) is 1.33. The molecule has 2 aromatic rings. The quantitative estimate of drug-likeness (QED) is 0.831. The minimum Gasteiger partial charge on any atom is -0.504 e. The molecule has 0 amide bonds. The lowest BCUT2D eigenvalue weighted by molar-refractivity contribution is 0.364. The van der Waals surface area contributed by atoms with Gasteiger partial charge in [0.1, 0.15) is 0 Å². The van der Waals surface area contributed by atoms with Crippen molar-refractivity contribution in [1.82, 2.24) is 10.1 Å². The van der Waals surface area contributed by atoms with Crippen LogP contribution in [0.2, 0.25) is 0 Å². The van der Waals surface area contributed by atoms with Gasteiger partial charge in [0.2, 0.25) is 17.5 Å². The van der Waals surface area contributed by atoms with Crippen LogP contribution in [-0.4, -0.2) is 22.4 Å². The van der Waals surface area contributed by atoms with Crippen LogP contribution in [0.3, 0.4) is 0 Å². The molecule has 7 heteroatoms. The second-order valence-corrected chi connectivity index (χ2v) is 3.19. The Balaban J connectivity index is 2.49. The lowest BCUT2D eigenvalue weighted by Gasteiger charge is -2.05. The SMILES string of the molecule is COc1ccc(-c2noc(CN)n2)c(O)c1F. The fourth-order valence-electron chi connectivity index (χ4n) is 1.33. The van der Waals surface area contributed by atoms with Crippen molar-refractivity contribution in [2.45, 2.75) is 6.54 Å². The molecule has 6 nitrogen and oxygen atoms in total. The largest absolute Gasteiger partial charge is 0.504 e. The zero-order valence-electron chi connectivity index (χ0n) is 8.98. The molecule has 3 N–H and O–H groups in total. The highest BCUT2D eigenvalue weighted by atomic mass is 19.1. The van der Waals surface area contributed by atoms with Crippen LogP contribution >= 0.6 is 0 Å². The Morgan fingerprint density at radius 2 is 2.29 bits per heavy atom. The zero-order valence-corrected chi connectivity index (χ0v) is 8.98. The smallest absolute Gasteiger partial charge is 0.240 e. The number of phenolic OH excluding ortho intramolecular Hbond substituents is 1. The molecule has 17 heavy (non-hydrogen) atoms. The van der Waals surface area contributed by atoms with E-state index in [2.05, 4.69) is 10.1 Å². The van der Waals surface area contributed by atoms with Crippen LogP contribution in [0.25, 0.3) is 11.4 Å². The maximum absolute atomic E-state index is 13.6. The molecular formula is C10H10FN3O3. The molecule has 0 radical (unpaired) electrons. The number of benzene rings is 1. The Hall–Kier alpha value is -2.15. The molecule has 0 saturated carbocycles. The summed E-state index contributed by atoms with van der Waals surface area (Å²) < 4.78 is 23.0. The van der Waals surface area contributed by atoms with Crippen LogP contribution in [0, 0.1) is 5.82 Å². The van der Waals surface area contributed by atoms with E-state index < -0.39 is 11.6 Å². The highest BCUT2D eigenvalue weighted by Gasteiger charge is 2.18. The second kappa shape index (κ2) is 4.38. The summed E-state index contributed by atoms with van der Waals surface area (Å²) in [4.78, 5) is 3.89. The molecular weight excluding hydrogens is 229 g/mol. The monoisotopic (exact) mass is 239 g/mol. The number of hydrogen-bond donors (Lipinski definition) is 2. The molecule has 0 aliphatic rings. The molecule has 0 saturated heterocycles. The van der Waals surface area contributed by atoms with E-state index in [1.165, 1.54) is 19.2 Å². The number of nitrogens with two attached hydrogens (primary N) is 1. The van der Waals surface area contributed by atoms with Crippen LogP contribution in [0.15, 0.2) is 16.7 Å². The van der Waals surface area contributed by atoms with E-state index in [0.29, 0.717) is 0 Å². The lowest BCUT2D eigenvalue weighted by atomic mass is 10.1. The maximum atomic E-state index is 13.6. The Bertz CT molecular complexity index is 542. The summed E-state index contributed by atoms with van der Waals surface area (Å²) in [5.74, 6) is -1.24. The molecule has 1 heterocycles. The van der Waals surface area contributed by atoms with E-state index >= 15 is 0 Å². The van der Waals surface area contributed by atoms with Crippen molar-refractivity contribution < 1.29 is 18.8 Å². The van der Waals surface area contributed by atoms with Gasteiger partial charge >= 0.3 is 0 Å². The highest BCUT2D eigenvalue weighted by Crippen LogP contribution is 2.34. The number of hydrogen-bond acceptors (Lipinski definition) is 6. The minimum absolute atomic E-state index is 0.0613. The summed E-state index contributed by atoms with van der Waals surface area (Å²) >= 11 is 0. The van der Waals surface area contributed by atoms with Crippen LogP contribution in [0.4, 0.5) is 4.39 Å². The van der Waals surface area contributed by atoms with Crippen LogP contribution in [0.5, 0.6) is 11.5 Å². The maximum Gasteiger partial charge on any atom is 0.240 e. The summed E-state index contributed by atoms with van der Waals surface area (Å²) in [6.45, 7) is 0.0758. The van der Waals surface area contributed by atoms with E-state index in [-0.39, 0.29) is 29.6 Å². The number of nitrogens with zero attached hydrogens (tertiary/aromatic N) is 2. The van der Waals surface area contributed by atoms with Crippen molar-refractivity contribution in [3.63, 3.8) is 0 Å². The summed E-state index contributed by atoms with van der Waals surface area (Å²) in [7, 11) is 1.30. The number of aromatic hydroxyl groups is 1. The molecule has 0 atom stereocenters. The number of aromatic nitrogens is 2. The molecule has 0 aliphatic heterocycles. The Morgan fingerprint density at radius 1 is 1.53 bits per heavy atom. The molecule has 0 spiro atoms. The van der Waals surface area contributed by atoms with Crippen LogP contribution in [-0.2, 0) is 6.54 Å². The van der Waals surface area contributed by atoms with Crippen molar-refractivity contribution in [3.8, 4) is 22.9 Å². The molecule has 2 rings (SSSR count). The molecule has 0 unspecified atom stereocenters. The molecule has 0 aliphatic carbocycles. The predicted molar refractivity (Wildman–Crippen MR) is 55.8 cm³/mol. The first kappa shape index (κ1) is 11.3. The van der Waals surface area contributed by atoms with Gasteiger partial charge in [0.05, 0.1) is 19.2 Å². The normalized spacial score (nSPS) is 10.5. The van der Waals surface area contributed by atoms with Crippen molar-refractivity contribution in [2.75, 3.05) is 7.11 Å². The number of phenols is 1. The molecule has 1 aromatic carbocycles. The van der Waals surface area contributed by atoms with Gasteiger partial charge < -0.3 is 20.1 Å². The average Bonchev–Trinajstić information content (AvgIpc) is 2.81. The van der Waals surface area contributed by atoms with E-state index in [1.54, 1.807) is 0 Å². The van der Waals surface area contributed by atoms with Gasteiger partial charge in [-0.2, -0.15) is 9.37 Å². The van der Waals surface area contributed by atoms with Crippen molar-refractivity contribution in [3.05, 3.63) is 23.8 Å². The van der Waals surface area contributed by atoms with Gasteiger partial charge in [-0.1, -0.05) is 5.16 Å². The third-order valence-corrected chi connectivity index (χ3v) is 2.18. The third kappa shape index (κ3) is 1.92. The van der Waals surface area contributed by atoms with E-state index in [0.717, 1.165) is 0 Å². The van der Waals surface area contributed by atoms with Crippen molar-refractivity contribution in [2.24, 2.45) is 5.73 Å². The van der Waals surface area contributed by atoms with Gasteiger partial charge in [0, 0.05) is 0 Å². The van der Waals surface area contributed by atoms with Gasteiger partial charge in [0.25, 0.3) is 0 Å². The fraction of sp³-hybridized carbons (Fsp3) is 0.200. The van der Waals surface area contributed by atoms with E-state index in [9.17, 15) is 9.50 Å². The number of methoxy groups -OCH3 is 1. The predicted octanol–water partition coefficient (Wildman–Crippen LogP) is 1.05. The average molecular weight is 239 g/mol. The number of ether oxygens (including phenoxy) is 1. The first-order chi connectivity index (χ1) is 8.17. The minimum atomic E-state index is -0.871. The third-order valence-electron chi connectivity index (χ3n) is 2.18. The first-order valence-electron chi connectivity index (χ1n) is 4.75. The van der Waals surface area contributed by atoms with Crippen molar-refractivity contribution >= 4 is 0 Å². The Morgan fingerprint density at radius 3 is 2.88 bits per heavy atom. The van der Waals surface area contributed by atoms with E-state index in [1.807, 2.05) is 0 Å². The van der Waals surface area contributed by atoms with Gasteiger partial charge in [0.15, 0.2) is 11.5 Å². The van der Waals surface area contributed by atoms with Gasteiger partial charge in [-0.3, -0.25) is 0 Å². The zero-order chi connectivity index (χ0) is 12.4. The Labute approximate surface area is 95.8 Å². The van der Waals surface area contributed by atoms with Crippen LogP contribution in [0.1, 0.15) is 5.89 Å². The topological polar surface area (TPSA) is 94.4 Å².